The van der Waals surface area contributed by atoms with Crippen LogP contribution in [0.3, 0.4) is 0 Å². The third-order valence-electron chi connectivity index (χ3n) is 6.36. The third-order valence-corrected chi connectivity index (χ3v) is 6.36. The lowest BCUT2D eigenvalue weighted by atomic mass is 9.66. The Balaban J connectivity index is 1.74. The van der Waals surface area contributed by atoms with Gasteiger partial charge in [-0.25, -0.2) is 4.39 Å². The summed E-state index contributed by atoms with van der Waals surface area (Å²) in [7, 11) is 1.62. The number of rotatable bonds is 3. The molecule has 0 radical (unpaired) electrons. The maximum absolute atomic E-state index is 13.7. The maximum Gasteiger partial charge on any atom is 0.254 e. The van der Waals surface area contributed by atoms with Crippen LogP contribution in [-0.2, 0) is 0 Å². The highest BCUT2D eigenvalue weighted by Gasteiger charge is 2.50. The Hall–Kier alpha value is -2.40. The van der Waals surface area contributed by atoms with Gasteiger partial charge in [0.25, 0.3) is 5.91 Å². The molecular weight excluding hydrogens is 357 g/mol. The van der Waals surface area contributed by atoms with E-state index in [-0.39, 0.29) is 17.9 Å². The van der Waals surface area contributed by atoms with E-state index in [1.807, 2.05) is 29.2 Å². The van der Waals surface area contributed by atoms with E-state index in [2.05, 4.69) is 0 Å². The number of benzene rings is 2. The lowest BCUT2D eigenvalue weighted by Gasteiger charge is -2.52. The van der Waals surface area contributed by atoms with Gasteiger partial charge in [0.2, 0.25) is 0 Å². The molecule has 2 aromatic carbocycles. The second kappa shape index (κ2) is 7.55. The second-order valence-electron chi connectivity index (χ2n) is 7.93. The minimum atomic E-state index is -0.748. The Labute approximate surface area is 164 Å². The lowest BCUT2D eigenvalue weighted by molar-refractivity contribution is -0.115. The van der Waals surface area contributed by atoms with Crippen LogP contribution in [0.25, 0.3) is 0 Å². The minimum Gasteiger partial charge on any atom is -0.497 e. The average molecular weight is 383 g/mol. The molecule has 5 heteroatoms. The molecule has 1 heterocycles. The summed E-state index contributed by atoms with van der Waals surface area (Å²) >= 11 is 0. The van der Waals surface area contributed by atoms with Crippen molar-refractivity contribution in [3.05, 3.63) is 65.5 Å². The lowest BCUT2D eigenvalue weighted by Crippen LogP contribution is -2.56. The summed E-state index contributed by atoms with van der Waals surface area (Å²) in [6, 6.07) is 13.3. The van der Waals surface area contributed by atoms with Gasteiger partial charge >= 0.3 is 0 Å². The van der Waals surface area contributed by atoms with Gasteiger partial charge in [-0.1, -0.05) is 31.0 Å². The van der Waals surface area contributed by atoms with Crippen LogP contribution in [0.5, 0.6) is 5.75 Å². The summed E-state index contributed by atoms with van der Waals surface area (Å²) in [5.41, 5.74) is 0.581. The van der Waals surface area contributed by atoms with Gasteiger partial charge in [0.15, 0.2) is 0 Å². The number of nitrogens with zero attached hydrogens (tertiary/aromatic N) is 1. The van der Waals surface area contributed by atoms with Crippen molar-refractivity contribution in [1.29, 1.82) is 0 Å². The molecule has 2 fully saturated rings. The van der Waals surface area contributed by atoms with Crippen molar-refractivity contribution >= 4 is 5.91 Å². The van der Waals surface area contributed by atoms with Gasteiger partial charge in [-0.2, -0.15) is 0 Å². The molecule has 0 spiro atoms. The molecule has 0 aromatic heterocycles. The van der Waals surface area contributed by atoms with E-state index in [1.165, 1.54) is 12.1 Å². The first-order valence-corrected chi connectivity index (χ1v) is 9.95. The van der Waals surface area contributed by atoms with Gasteiger partial charge in [0.1, 0.15) is 11.6 Å². The SMILES string of the molecule is COc1ccc([C@H]2[C@@H]3CCCC[C@]3(O)CCN2C(=O)c2cccc(F)c2)cc1. The Kier molecular flexibility index (Phi) is 5.11. The molecule has 0 bridgehead atoms. The largest absolute Gasteiger partial charge is 0.497 e. The second-order valence-corrected chi connectivity index (χ2v) is 7.93. The van der Waals surface area contributed by atoms with Crippen molar-refractivity contribution in [3.8, 4) is 5.75 Å². The van der Waals surface area contributed by atoms with Gasteiger partial charge in [0, 0.05) is 18.0 Å². The number of piperidine rings is 1. The summed E-state index contributed by atoms with van der Waals surface area (Å²) in [6.07, 6.45) is 4.26. The number of carbonyl (C=O) groups is 1. The Morgan fingerprint density at radius 3 is 2.68 bits per heavy atom. The number of halogens is 1. The number of amides is 1. The fourth-order valence-electron chi connectivity index (χ4n) is 4.91. The zero-order valence-electron chi connectivity index (χ0n) is 16.1. The number of methoxy groups -OCH3 is 1. The number of fused-ring (bicyclic) bond motifs is 1. The molecule has 1 aliphatic heterocycles. The maximum atomic E-state index is 13.7. The van der Waals surface area contributed by atoms with E-state index < -0.39 is 11.4 Å². The first-order valence-electron chi connectivity index (χ1n) is 9.95. The molecule has 2 aliphatic rings. The molecule has 1 amide bonds. The van der Waals surface area contributed by atoms with Crippen LogP contribution in [0.2, 0.25) is 0 Å². The smallest absolute Gasteiger partial charge is 0.254 e. The molecule has 148 valence electrons. The predicted octanol–water partition coefficient (Wildman–Crippen LogP) is 4.34. The topological polar surface area (TPSA) is 49.8 Å². The van der Waals surface area contributed by atoms with Crippen LogP contribution in [0.15, 0.2) is 48.5 Å². The first kappa shape index (κ1) is 18.9. The van der Waals surface area contributed by atoms with Crippen molar-refractivity contribution in [2.75, 3.05) is 13.7 Å². The summed E-state index contributed by atoms with van der Waals surface area (Å²) < 4.78 is 19.0. The number of likely N-dealkylation sites (tertiary alicyclic amines) is 1. The van der Waals surface area contributed by atoms with Crippen molar-refractivity contribution in [3.63, 3.8) is 0 Å². The van der Waals surface area contributed by atoms with E-state index in [4.69, 9.17) is 4.74 Å². The highest BCUT2D eigenvalue weighted by atomic mass is 19.1. The zero-order valence-corrected chi connectivity index (χ0v) is 16.1. The zero-order chi connectivity index (χ0) is 19.7. The monoisotopic (exact) mass is 383 g/mol. The summed E-state index contributed by atoms with van der Waals surface area (Å²) in [5, 5.41) is 11.3. The number of ether oxygens (including phenoxy) is 1. The molecule has 2 aromatic rings. The van der Waals surface area contributed by atoms with E-state index in [1.54, 1.807) is 19.2 Å². The highest BCUT2D eigenvalue weighted by Crippen LogP contribution is 2.49. The molecular formula is C23H26FNO3. The molecule has 3 atom stereocenters. The third kappa shape index (κ3) is 3.39. The van der Waals surface area contributed by atoms with Crippen molar-refractivity contribution in [2.45, 2.75) is 43.7 Å². The van der Waals surface area contributed by atoms with Crippen LogP contribution in [-0.4, -0.2) is 35.2 Å². The van der Waals surface area contributed by atoms with Crippen LogP contribution in [0, 0.1) is 11.7 Å². The molecule has 28 heavy (non-hydrogen) atoms. The predicted molar refractivity (Wildman–Crippen MR) is 105 cm³/mol. The van der Waals surface area contributed by atoms with Gasteiger partial charge in [-0.15, -0.1) is 0 Å². The van der Waals surface area contributed by atoms with E-state index in [0.717, 1.165) is 37.0 Å². The number of carbonyl (C=O) groups excluding carboxylic acids is 1. The fourth-order valence-corrected chi connectivity index (χ4v) is 4.91. The molecule has 1 saturated carbocycles. The van der Waals surface area contributed by atoms with Crippen molar-refractivity contribution < 1.29 is 19.0 Å². The van der Waals surface area contributed by atoms with Crippen molar-refractivity contribution in [2.24, 2.45) is 5.92 Å². The number of aliphatic hydroxyl groups is 1. The van der Waals surface area contributed by atoms with Crippen LogP contribution >= 0.6 is 0 Å². The Bertz CT molecular complexity index is 853. The molecule has 4 nitrogen and oxygen atoms in total. The standard InChI is InChI=1S/C23H26FNO3/c1-28-19-10-8-16(9-11-19)21-20-7-2-3-12-23(20,27)13-14-25(21)22(26)17-5-4-6-18(24)15-17/h4-6,8-11,15,20-21,27H,2-3,7,12-14H2,1H3/t20-,21-,23-/m0/s1. The van der Waals surface area contributed by atoms with Gasteiger partial charge in [-0.3, -0.25) is 4.79 Å². The van der Waals surface area contributed by atoms with Gasteiger partial charge in [0.05, 0.1) is 18.8 Å². The molecule has 0 unspecified atom stereocenters. The normalized spacial score (nSPS) is 27.2. The Morgan fingerprint density at radius 1 is 1.18 bits per heavy atom. The highest BCUT2D eigenvalue weighted by molar-refractivity contribution is 5.94. The number of hydrogen-bond acceptors (Lipinski definition) is 3. The summed E-state index contributed by atoms with van der Waals surface area (Å²) in [6.45, 7) is 0.457. The van der Waals surface area contributed by atoms with E-state index >= 15 is 0 Å². The molecule has 4 rings (SSSR count). The average Bonchev–Trinajstić information content (AvgIpc) is 2.72. The quantitative estimate of drug-likeness (QED) is 0.858. The molecule has 1 aliphatic carbocycles. The van der Waals surface area contributed by atoms with E-state index in [0.29, 0.717) is 18.5 Å². The van der Waals surface area contributed by atoms with Crippen LogP contribution in [0.4, 0.5) is 4.39 Å². The molecule has 1 saturated heterocycles. The van der Waals surface area contributed by atoms with Gasteiger partial charge < -0.3 is 14.7 Å². The first-order chi connectivity index (χ1) is 13.5. The summed E-state index contributed by atoms with van der Waals surface area (Å²) in [4.78, 5) is 15.1. The number of hydrogen-bond donors (Lipinski definition) is 1. The fraction of sp³-hybridized carbons (Fsp3) is 0.435. The van der Waals surface area contributed by atoms with Crippen LogP contribution < -0.4 is 4.74 Å². The van der Waals surface area contributed by atoms with Gasteiger partial charge in [-0.05, 0) is 55.2 Å². The molecule has 1 N–H and O–H groups in total. The van der Waals surface area contributed by atoms with Crippen LogP contribution in [0.1, 0.15) is 54.1 Å². The Morgan fingerprint density at radius 2 is 1.96 bits per heavy atom. The van der Waals surface area contributed by atoms with Crippen molar-refractivity contribution in [1.82, 2.24) is 4.90 Å². The van der Waals surface area contributed by atoms with E-state index in [9.17, 15) is 14.3 Å². The minimum absolute atomic E-state index is 0.0269. The summed E-state index contributed by atoms with van der Waals surface area (Å²) in [5.74, 6) is 0.119.